The maximum atomic E-state index is 5.90. The molecule has 0 saturated heterocycles. The second kappa shape index (κ2) is 15.1. The van der Waals surface area contributed by atoms with E-state index in [2.05, 4.69) is 56.4 Å². The molecule has 0 bridgehead atoms. The standard InChI is InChI=1S/C31H47NO/c1-3-5-7-8-10-24-33-30-21-19-29(20-22-30)31-23-18-28(25-32-31)17-16-27-14-12-26(13-15-27)11-9-6-4-2/h18-23,25-27H,3-17,24H2,1-2H3/t26-,27-. The molecule has 1 aromatic heterocycles. The minimum absolute atomic E-state index is 0.816. The smallest absolute Gasteiger partial charge is 0.119 e. The number of ether oxygens (including phenoxy) is 1. The van der Waals surface area contributed by atoms with Crippen LogP contribution in [-0.4, -0.2) is 11.6 Å². The summed E-state index contributed by atoms with van der Waals surface area (Å²) in [6.45, 7) is 5.37. The lowest BCUT2D eigenvalue weighted by atomic mass is 9.78. The molecule has 2 heteroatoms. The van der Waals surface area contributed by atoms with E-state index in [4.69, 9.17) is 9.72 Å². The van der Waals surface area contributed by atoms with Crippen LogP contribution in [0.3, 0.4) is 0 Å². The van der Waals surface area contributed by atoms with Crippen LogP contribution in [0, 0.1) is 11.8 Å². The van der Waals surface area contributed by atoms with E-state index in [-0.39, 0.29) is 0 Å². The summed E-state index contributed by atoms with van der Waals surface area (Å²) in [6, 6.07) is 12.9. The largest absolute Gasteiger partial charge is 0.494 e. The highest BCUT2D eigenvalue weighted by Gasteiger charge is 2.20. The molecular weight excluding hydrogens is 402 g/mol. The predicted octanol–water partition coefficient (Wildman–Crippen LogP) is 9.42. The van der Waals surface area contributed by atoms with E-state index in [1.165, 1.54) is 101 Å². The highest BCUT2D eigenvalue weighted by atomic mass is 16.5. The van der Waals surface area contributed by atoms with Crippen LogP contribution in [0.2, 0.25) is 0 Å². The third-order valence-corrected chi connectivity index (χ3v) is 7.51. The molecule has 182 valence electrons. The van der Waals surface area contributed by atoms with Crippen molar-refractivity contribution in [1.29, 1.82) is 0 Å². The van der Waals surface area contributed by atoms with Crippen LogP contribution < -0.4 is 4.74 Å². The molecule has 2 nitrogen and oxygen atoms in total. The fraction of sp³-hybridized carbons (Fsp3) is 0.645. The van der Waals surface area contributed by atoms with Gasteiger partial charge in [-0.2, -0.15) is 0 Å². The van der Waals surface area contributed by atoms with Crippen LogP contribution in [0.4, 0.5) is 0 Å². The number of pyridine rings is 1. The van der Waals surface area contributed by atoms with E-state index in [9.17, 15) is 0 Å². The minimum Gasteiger partial charge on any atom is -0.494 e. The van der Waals surface area contributed by atoms with Gasteiger partial charge in [0.1, 0.15) is 5.75 Å². The van der Waals surface area contributed by atoms with Gasteiger partial charge in [0.2, 0.25) is 0 Å². The number of aromatic nitrogens is 1. The third-order valence-electron chi connectivity index (χ3n) is 7.51. The molecule has 3 rings (SSSR count). The summed E-state index contributed by atoms with van der Waals surface area (Å²) in [7, 11) is 0. The maximum Gasteiger partial charge on any atom is 0.119 e. The summed E-state index contributed by atoms with van der Waals surface area (Å²) in [5.41, 5.74) is 3.60. The zero-order valence-electron chi connectivity index (χ0n) is 21.4. The Balaban J connectivity index is 1.36. The number of hydrogen-bond donors (Lipinski definition) is 0. The van der Waals surface area contributed by atoms with Crippen LogP contribution in [0.1, 0.15) is 109 Å². The molecule has 33 heavy (non-hydrogen) atoms. The minimum atomic E-state index is 0.816. The summed E-state index contributed by atoms with van der Waals surface area (Å²) in [6.07, 6.45) is 22.4. The van der Waals surface area contributed by atoms with Gasteiger partial charge in [-0.3, -0.25) is 4.98 Å². The Morgan fingerprint density at radius 1 is 0.727 bits per heavy atom. The van der Waals surface area contributed by atoms with Crippen molar-refractivity contribution in [2.45, 2.75) is 110 Å². The Bertz CT molecular complexity index is 743. The second-order valence-corrected chi connectivity index (χ2v) is 10.3. The van der Waals surface area contributed by atoms with Gasteiger partial charge in [-0.05, 0) is 67.0 Å². The molecule has 1 fully saturated rings. The van der Waals surface area contributed by atoms with E-state index in [1.54, 1.807) is 0 Å². The molecule has 1 aliphatic rings. The monoisotopic (exact) mass is 449 g/mol. The Kier molecular flexibility index (Phi) is 11.8. The highest BCUT2D eigenvalue weighted by Crippen LogP contribution is 2.34. The third kappa shape index (κ3) is 9.51. The van der Waals surface area contributed by atoms with Crippen molar-refractivity contribution in [2.75, 3.05) is 6.61 Å². The van der Waals surface area contributed by atoms with Crippen LogP contribution >= 0.6 is 0 Å². The number of benzene rings is 1. The first kappa shape index (κ1) is 25.8. The Morgan fingerprint density at radius 2 is 1.39 bits per heavy atom. The highest BCUT2D eigenvalue weighted by molar-refractivity contribution is 5.60. The number of aryl methyl sites for hydroxylation is 1. The lowest BCUT2D eigenvalue weighted by Crippen LogP contribution is -2.15. The summed E-state index contributed by atoms with van der Waals surface area (Å²) in [4.78, 5) is 4.76. The second-order valence-electron chi connectivity index (χ2n) is 10.3. The topological polar surface area (TPSA) is 22.1 Å². The first-order valence-electron chi connectivity index (χ1n) is 14.0. The van der Waals surface area contributed by atoms with E-state index in [1.807, 2.05) is 0 Å². The Hall–Kier alpha value is -1.83. The SMILES string of the molecule is CCCCCCCOc1ccc(-c2ccc(CC[C@H]3CC[C@H](CCCCC)CC3)cn2)cc1. The van der Waals surface area contributed by atoms with Crippen molar-refractivity contribution in [3.05, 3.63) is 48.2 Å². The summed E-state index contributed by atoms with van der Waals surface area (Å²) < 4.78 is 5.90. The predicted molar refractivity (Wildman–Crippen MR) is 142 cm³/mol. The molecule has 1 aromatic carbocycles. The average Bonchev–Trinajstić information content (AvgIpc) is 2.86. The summed E-state index contributed by atoms with van der Waals surface area (Å²) in [5, 5.41) is 0. The maximum absolute atomic E-state index is 5.90. The van der Waals surface area contributed by atoms with Crippen molar-refractivity contribution in [1.82, 2.24) is 4.98 Å². The van der Waals surface area contributed by atoms with Gasteiger partial charge < -0.3 is 4.74 Å². The van der Waals surface area contributed by atoms with Gasteiger partial charge in [-0.15, -0.1) is 0 Å². The fourth-order valence-corrected chi connectivity index (χ4v) is 5.22. The molecule has 0 amide bonds. The summed E-state index contributed by atoms with van der Waals surface area (Å²) >= 11 is 0. The van der Waals surface area contributed by atoms with Gasteiger partial charge in [-0.1, -0.05) is 97.0 Å². The van der Waals surface area contributed by atoms with Crippen molar-refractivity contribution < 1.29 is 4.74 Å². The average molecular weight is 450 g/mol. The molecule has 0 unspecified atom stereocenters. The quantitative estimate of drug-likeness (QED) is 0.253. The zero-order valence-corrected chi connectivity index (χ0v) is 21.4. The molecule has 0 spiro atoms. The van der Waals surface area contributed by atoms with Crippen molar-refractivity contribution in [3.63, 3.8) is 0 Å². The van der Waals surface area contributed by atoms with Crippen LogP contribution in [0.5, 0.6) is 5.75 Å². The van der Waals surface area contributed by atoms with Crippen LogP contribution in [0.15, 0.2) is 42.6 Å². The van der Waals surface area contributed by atoms with Crippen molar-refractivity contribution >= 4 is 0 Å². The number of nitrogens with zero attached hydrogens (tertiary/aromatic N) is 1. The summed E-state index contributed by atoms with van der Waals surface area (Å²) in [5.74, 6) is 2.90. The van der Waals surface area contributed by atoms with Gasteiger partial charge in [0.05, 0.1) is 12.3 Å². The van der Waals surface area contributed by atoms with Crippen molar-refractivity contribution in [2.24, 2.45) is 11.8 Å². The van der Waals surface area contributed by atoms with E-state index in [0.29, 0.717) is 0 Å². The zero-order chi connectivity index (χ0) is 23.1. The molecule has 0 atom stereocenters. The van der Waals surface area contributed by atoms with Crippen molar-refractivity contribution in [3.8, 4) is 17.0 Å². The molecule has 1 aliphatic carbocycles. The molecule has 0 N–H and O–H groups in total. The Labute approximate surface area is 203 Å². The Morgan fingerprint density at radius 3 is 2.06 bits per heavy atom. The van der Waals surface area contributed by atoms with E-state index in [0.717, 1.165) is 36.3 Å². The van der Waals surface area contributed by atoms with Gasteiger partial charge in [0.15, 0.2) is 0 Å². The number of unbranched alkanes of at least 4 members (excludes halogenated alkanes) is 6. The molecule has 1 heterocycles. The van der Waals surface area contributed by atoms with Crippen LogP contribution in [-0.2, 0) is 6.42 Å². The molecule has 0 aliphatic heterocycles. The number of hydrogen-bond acceptors (Lipinski definition) is 2. The van der Waals surface area contributed by atoms with Gasteiger partial charge >= 0.3 is 0 Å². The van der Waals surface area contributed by atoms with Gasteiger partial charge in [0.25, 0.3) is 0 Å². The first-order chi connectivity index (χ1) is 16.3. The fourth-order valence-electron chi connectivity index (χ4n) is 5.22. The lowest BCUT2D eigenvalue weighted by Gasteiger charge is -2.28. The van der Waals surface area contributed by atoms with Crippen LogP contribution in [0.25, 0.3) is 11.3 Å². The first-order valence-corrected chi connectivity index (χ1v) is 14.0. The molecular formula is C31H47NO. The van der Waals surface area contributed by atoms with Gasteiger partial charge in [-0.25, -0.2) is 0 Å². The van der Waals surface area contributed by atoms with E-state index >= 15 is 0 Å². The van der Waals surface area contributed by atoms with E-state index < -0.39 is 0 Å². The normalized spacial score (nSPS) is 18.4. The molecule has 1 saturated carbocycles. The van der Waals surface area contributed by atoms with Gasteiger partial charge in [0, 0.05) is 11.8 Å². The lowest BCUT2D eigenvalue weighted by molar-refractivity contribution is 0.249. The number of rotatable bonds is 15. The molecule has 0 radical (unpaired) electrons. The molecule has 2 aromatic rings.